The van der Waals surface area contributed by atoms with Crippen molar-refractivity contribution < 1.29 is 8.42 Å². The number of halogens is 2. The maximum atomic E-state index is 12.4. The highest BCUT2D eigenvalue weighted by Crippen LogP contribution is 2.28. The number of aryl methyl sites for hydroxylation is 1. The van der Waals surface area contributed by atoms with Crippen LogP contribution in [0, 0.1) is 10.5 Å². The van der Waals surface area contributed by atoms with Gasteiger partial charge in [-0.1, -0.05) is 17.7 Å². The molecular formula is C12H9ClIN5O2S. The quantitative estimate of drug-likeness (QED) is 0.621. The molecule has 0 aliphatic heterocycles. The molecule has 114 valence electrons. The lowest BCUT2D eigenvalue weighted by Crippen LogP contribution is -2.16. The summed E-state index contributed by atoms with van der Waals surface area (Å²) in [6, 6.07) is 5.08. The van der Waals surface area contributed by atoms with E-state index in [0.29, 0.717) is 14.3 Å². The Balaban J connectivity index is 2.05. The van der Waals surface area contributed by atoms with Crippen LogP contribution in [0.5, 0.6) is 0 Å². The fraction of sp³-hybridized carbons (Fsp3) is 0.0833. The van der Waals surface area contributed by atoms with Crippen LogP contribution in [0.4, 0.5) is 5.69 Å². The predicted octanol–water partition coefficient (Wildman–Crippen LogP) is 2.49. The van der Waals surface area contributed by atoms with Crippen LogP contribution >= 0.6 is 34.2 Å². The van der Waals surface area contributed by atoms with Crippen molar-refractivity contribution in [3.05, 3.63) is 44.7 Å². The van der Waals surface area contributed by atoms with Gasteiger partial charge < -0.3 is 0 Å². The third-order valence-electron chi connectivity index (χ3n) is 2.74. The van der Waals surface area contributed by atoms with E-state index >= 15 is 0 Å². The van der Waals surface area contributed by atoms with Gasteiger partial charge in [0.2, 0.25) is 0 Å². The van der Waals surface area contributed by atoms with E-state index in [4.69, 9.17) is 11.6 Å². The molecule has 1 N–H and O–H groups in total. The molecule has 10 heteroatoms. The second-order valence-electron chi connectivity index (χ2n) is 4.47. The summed E-state index contributed by atoms with van der Waals surface area (Å²) in [5, 5.41) is 3.89. The molecule has 0 saturated carbocycles. The fourth-order valence-corrected chi connectivity index (χ4v) is 3.98. The number of sulfonamides is 1. The van der Waals surface area contributed by atoms with E-state index in [2.05, 4.69) is 19.8 Å². The molecule has 0 bridgehead atoms. The number of nitrogens with zero attached hydrogens (tertiary/aromatic N) is 4. The Kier molecular flexibility index (Phi) is 3.95. The first kappa shape index (κ1) is 15.4. The summed E-state index contributed by atoms with van der Waals surface area (Å²) in [6.45, 7) is 1.83. The van der Waals surface area contributed by atoms with Crippen LogP contribution in [-0.4, -0.2) is 28.0 Å². The number of fused-ring (bicyclic) bond motifs is 1. The molecule has 0 spiro atoms. The van der Waals surface area contributed by atoms with E-state index in [1.807, 2.05) is 29.5 Å². The zero-order valence-electron chi connectivity index (χ0n) is 11.2. The number of benzene rings is 1. The van der Waals surface area contributed by atoms with Crippen LogP contribution in [0.1, 0.15) is 5.56 Å². The summed E-state index contributed by atoms with van der Waals surface area (Å²) < 4.78 is 29.2. The van der Waals surface area contributed by atoms with Crippen molar-refractivity contribution in [3.8, 4) is 0 Å². The minimum absolute atomic E-state index is 0.208. The van der Waals surface area contributed by atoms with Gasteiger partial charge in [0.25, 0.3) is 21.0 Å². The highest BCUT2D eigenvalue weighted by molar-refractivity contribution is 14.1. The Labute approximate surface area is 144 Å². The lowest BCUT2D eigenvalue weighted by molar-refractivity contribution is 0.592. The zero-order chi connectivity index (χ0) is 15.9. The first-order valence-corrected chi connectivity index (χ1v) is 8.97. The number of anilines is 1. The van der Waals surface area contributed by atoms with Crippen LogP contribution in [0.2, 0.25) is 5.02 Å². The van der Waals surface area contributed by atoms with Gasteiger partial charge in [-0.2, -0.15) is 13.4 Å². The molecule has 0 amide bonds. The third kappa shape index (κ3) is 2.88. The number of hydrogen-bond donors (Lipinski definition) is 1. The van der Waals surface area contributed by atoms with E-state index in [9.17, 15) is 8.42 Å². The average Bonchev–Trinajstić information content (AvgIpc) is 2.87. The topological polar surface area (TPSA) is 89.2 Å². The highest BCUT2D eigenvalue weighted by Gasteiger charge is 2.23. The van der Waals surface area contributed by atoms with E-state index in [0.717, 1.165) is 5.56 Å². The molecule has 1 aromatic carbocycles. The van der Waals surface area contributed by atoms with Gasteiger partial charge in [-0.15, -0.1) is 5.10 Å². The summed E-state index contributed by atoms with van der Waals surface area (Å²) >= 11 is 8.03. The molecule has 3 rings (SSSR count). The Hall–Kier alpha value is -1.46. The molecule has 0 aliphatic rings. The summed E-state index contributed by atoms with van der Waals surface area (Å²) in [7, 11) is -3.96. The lowest BCUT2D eigenvalue weighted by atomic mass is 10.3. The van der Waals surface area contributed by atoms with E-state index < -0.39 is 10.0 Å². The average molecular weight is 450 g/mol. The molecule has 2 heterocycles. The molecule has 0 saturated heterocycles. The van der Waals surface area contributed by atoms with Gasteiger partial charge in [0.1, 0.15) is 0 Å². The van der Waals surface area contributed by atoms with Gasteiger partial charge in [-0.3, -0.25) is 4.72 Å². The SMILES string of the molecule is Cc1cnc2nc(S(=O)(=O)Nc3c(Cl)cccc3I)nn2c1. The Morgan fingerprint density at radius 3 is 2.86 bits per heavy atom. The predicted molar refractivity (Wildman–Crippen MR) is 90.5 cm³/mol. The number of para-hydroxylation sites is 1. The van der Waals surface area contributed by atoms with E-state index in [-0.39, 0.29) is 10.9 Å². The number of nitrogens with one attached hydrogen (secondary N) is 1. The molecular weight excluding hydrogens is 441 g/mol. The maximum Gasteiger partial charge on any atom is 0.299 e. The third-order valence-corrected chi connectivity index (χ3v) is 5.08. The van der Waals surface area contributed by atoms with E-state index in [1.165, 1.54) is 4.52 Å². The van der Waals surface area contributed by atoms with Gasteiger partial charge in [0, 0.05) is 16.0 Å². The van der Waals surface area contributed by atoms with Crippen LogP contribution in [0.25, 0.3) is 5.78 Å². The largest absolute Gasteiger partial charge is 0.299 e. The summed E-state index contributed by atoms with van der Waals surface area (Å²) in [5.74, 6) is 0.208. The van der Waals surface area contributed by atoms with Crippen molar-refractivity contribution >= 4 is 55.7 Å². The van der Waals surface area contributed by atoms with Crippen molar-refractivity contribution in [1.29, 1.82) is 0 Å². The summed E-state index contributed by atoms with van der Waals surface area (Å²) in [4.78, 5) is 7.95. The van der Waals surface area contributed by atoms with Gasteiger partial charge in [0.15, 0.2) is 0 Å². The van der Waals surface area contributed by atoms with Crippen molar-refractivity contribution in [3.63, 3.8) is 0 Å². The molecule has 22 heavy (non-hydrogen) atoms. The standard InChI is InChI=1S/C12H9ClIN5O2S/c1-7-5-15-11-16-12(17-19(11)6-7)22(20,21)18-10-8(13)3-2-4-9(10)14/h2-6,18H,1H3. The summed E-state index contributed by atoms with van der Waals surface area (Å²) in [6.07, 6.45) is 3.23. The highest BCUT2D eigenvalue weighted by atomic mass is 127. The van der Waals surface area contributed by atoms with Crippen LogP contribution in [0.3, 0.4) is 0 Å². The zero-order valence-corrected chi connectivity index (χ0v) is 14.9. The van der Waals surface area contributed by atoms with Crippen LogP contribution in [-0.2, 0) is 10.0 Å². The molecule has 2 aromatic heterocycles. The van der Waals surface area contributed by atoms with Gasteiger partial charge in [0.05, 0.1) is 10.7 Å². The first-order valence-electron chi connectivity index (χ1n) is 6.03. The second-order valence-corrected chi connectivity index (χ2v) is 7.62. The molecule has 0 aliphatic carbocycles. The van der Waals surface area contributed by atoms with E-state index in [1.54, 1.807) is 30.6 Å². The maximum absolute atomic E-state index is 12.4. The van der Waals surface area contributed by atoms with Crippen molar-refractivity contribution in [1.82, 2.24) is 19.6 Å². The number of aromatic nitrogens is 4. The number of hydrogen-bond acceptors (Lipinski definition) is 5. The first-order chi connectivity index (χ1) is 10.4. The Morgan fingerprint density at radius 1 is 1.36 bits per heavy atom. The summed E-state index contributed by atoms with van der Waals surface area (Å²) in [5.41, 5.74) is 1.14. The van der Waals surface area contributed by atoms with Crippen molar-refractivity contribution in [2.45, 2.75) is 12.1 Å². The van der Waals surface area contributed by atoms with Gasteiger partial charge >= 0.3 is 0 Å². The van der Waals surface area contributed by atoms with Crippen molar-refractivity contribution in [2.75, 3.05) is 4.72 Å². The van der Waals surface area contributed by atoms with Crippen LogP contribution < -0.4 is 4.72 Å². The Bertz CT molecular complexity index is 953. The number of rotatable bonds is 3. The smallest absolute Gasteiger partial charge is 0.274 e. The van der Waals surface area contributed by atoms with Gasteiger partial charge in [-0.05, 0) is 47.2 Å². The molecule has 0 radical (unpaired) electrons. The Morgan fingerprint density at radius 2 is 2.14 bits per heavy atom. The minimum Gasteiger partial charge on any atom is -0.274 e. The van der Waals surface area contributed by atoms with Crippen LogP contribution in [0.15, 0.2) is 35.7 Å². The normalized spacial score (nSPS) is 11.8. The molecule has 3 aromatic rings. The van der Waals surface area contributed by atoms with Gasteiger partial charge in [-0.25, -0.2) is 9.50 Å². The minimum atomic E-state index is -3.96. The van der Waals surface area contributed by atoms with Crippen molar-refractivity contribution in [2.24, 2.45) is 0 Å². The monoisotopic (exact) mass is 449 g/mol. The molecule has 0 atom stereocenters. The molecule has 7 nitrogen and oxygen atoms in total. The molecule has 0 fully saturated rings. The fourth-order valence-electron chi connectivity index (χ4n) is 1.75. The lowest BCUT2D eigenvalue weighted by Gasteiger charge is -2.08. The second kappa shape index (κ2) is 5.63. The molecule has 0 unspecified atom stereocenters.